The van der Waals surface area contributed by atoms with Crippen LogP contribution in [0.25, 0.3) is 0 Å². The molecule has 28 heavy (non-hydrogen) atoms. The summed E-state index contributed by atoms with van der Waals surface area (Å²) in [5.41, 5.74) is -1.43. The second-order valence-electron chi connectivity index (χ2n) is 6.19. The van der Waals surface area contributed by atoms with Gasteiger partial charge >= 0.3 is 12.1 Å². The average molecular weight is 392 g/mol. The number of amides is 6. The lowest BCUT2D eigenvalue weighted by molar-refractivity contribution is -0.166. The molecule has 12 heteroatoms. The fraction of sp³-hybridized carbons (Fsp3) is 0.438. The maximum absolute atomic E-state index is 12.3. The van der Waals surface area contributed by atoms with Gasteiger partial charge in [0.25, 0.3) is 5.91 Å². The van der Waals surface area contributed by atoms with Crippen molar-refractivity contribution >= 4 is 30.1 Å². The molecule has 1 aromatic rings. The summed E-state index contributed by atoms with van der Waals surface area (Å²) in [4.78, 5) is 49.4. The molecule has 0 saturated carbocycles. The van der Waals surface area contributed by atoms with Crippen LogP contribution in [0.1, 0.15) is 12.7 Å². The van der Waals surface area contributed by atoms with Gasteiger partial charge in [0.05, 0.1) is 32.1 Å². The molecule has 0 radical (unpaired) electrons. The van der Waals surface area contributed by atoms with Gasteiger partial charge in [-0.3, -0.25) is 9.59 Å². The summed E-state index contributed by atoms with van der Waals surface area (Å²) in [6, 6.07) is 0.985. The highest BCUT2D eigenvalue weighted by Gasteiger charge is 2.49. The van der Waals surface area contributed by atoms with Crippen molar-refractivity contribution < 1.29 is 28.3 Å². The summed E-state index contributed by atoms with van der Waals surface area (Å²) in [5.74, 6) is -0.626. The van der Waals surface area contributed by atoms with E-state index in [4.69, 9.17) is 9.15 Å². The van der Waals surface area contributed by atoms with Gasteiger partial charge in [-0.2, -0.15) is 5.10 Å². The molecule has 1 unspecified atom stereocenters. The predicted molar refractivity (Wildman–Crippen MR) is 94.0 cm³/mol. The molecular weight excluding hydrogens is 372 g/mol. The second kappa shape index (κ2) is 7.68. The Morgan fingerprint density at radius 2 is 2.21 bits per heavy atom. The van der Waals surface area contributed by atoms with Gasteiger partial charge in [0.1, 0.15) is 11.8 Å². The van der Waals surface area contributed by atoms with Gasteiger partial charge in [-0.15, -0.1) is 0 Å². The van der Waals surface area contributed by atoms with Crippen LogP contribution >= 0.6 is 0 Å². The van der Waals surface area contributed by atoms with E-state index in [0.717, 1.165) is 9.91 Å². The van der Waals surface area contributed by atoms with E-state index in [2.05, 4.69) is 21.1 Å². The summed E-state index contributed by atoms with van der Waals surface area (Å²) >= 11 is 0. The van der Waals surface area contributed by atoms with E-state index in [1.807, 2.05) is 0 Å². The highest BCUT2D eigenvalue weighted by atomic mass is 16.5. The van der Waals surface area contributed by atoms with Crippen molar-refractivity contribution in [2.24, 2.45) is 5.10 Å². The minimum Gasteiger partial charge on any atom is -0.463 e. The van der Waals surface area contributed by atoms with Crippen LogP contribution in [-0.2, 0) is 14.3 Å². The third kappa shape index (κ3) is 3.67. The molecule has 2 aliphatic rings. The number of rotatable bonds is 6. The summed E-state index contributed by atoms with van der Waals surface area (Å²) in [6.45, 7) is 1.87. The SMILES string of the molecule is CO[C@@]1(NC(=O)C(C)NC(=O)N2CCN(N=Cc3ccco3)C2=O)CNC1=O. The van der Waals surface area contributed by atoms with Gasteiger partial charge in [-0.05, 0) is 19.1 Å². The molecule has 2 atom stereocenters. The first-order valence-corrected chi connectivity index (χ1v) is 8.49. The predicted octanol–water partition coefficient (Wildman–Crippen LogP) is -0.962. The summed E-state index contributed by atoms with van der Waals surface area (Å²) in [7, 11) is 1.29. The van der Waals surface area contributed by atoms with Gasteiger partial charge in [0.15, 0.2) is 0 Å². The van der Waals surface area contributed by atoms with E-state index in [1.165, 1.54) is 26.5 Å². The molecule has 0 aliphatic carbocycles. The smallest absolute Gasteiger partial charge is 0.348 e. The molecule has 12 nitrogen and oxygen atoms in total. The van der Waals surface area contributed by atoms with Crippen LogP contribution in [-0.4, -0.2) is 78.5 Å². The first kappa shape index (κ1) is 19.4. The summed E-state index contributed by atoms with van der Waals surface area (Å²) in [5, 5.41) is 12.4. The molecule has 3 N–H and O–H groups in total. The molecule has 0 spiro atoms. The van der Waals surface area contributed by atoms with Gasteiger partial charge in [0.2, 0.25) is 11.6 Å². The highest BCUT2D eigenvalue weighted by Crippen LogP contribution is 2.14. The number of ether oxygens (including phenoxy) is 1. The topological polar surface area (TPSA) is 146 Å². The third-order valence-electron chi connectivity index (χ3n) is 4.37. The molecule has 2 fully saturated rings. The lowest BCUT2D eigenvalue weighted by Crippen LogP contribution is -2.75. The molecular formula is C16H20N6O6. The Balaban J connectivity index is 1.53. The number of hydrogen-bond acceptors (Lipinski definition) is 7. The van der Waals surface area contributed by atoms with E-state index < -0.39 is 35.6 Å². The summed E-state index contributed by atoms with van der Waals surface area (Å²) in [6.07, 6.45) is 2.84. The monoisotopic (exact) mass is 392 g/mol. The van der Waals surface area contributed by atoms with Gasteiger partial charge in [-0.1, -0.05) is 0 Å². The Labute approximate surface area is 159 Å². The number of nitrogens with zero attached hydrogens (tertiary/aromatic N) is 3. The number of furan rings is 1. The van der Waals surface area contributed by atoms with Crippen molar-refractivity contribution in [2.75, 3.05) is 26.7 Å². The molecule has 3 heterocycles. The minimum atomic E-state index is -1.43. The lowest BCUT2D eigenvalue weighted by Gasteiger charge is -2.40. The van der Waals surface area contributed by atoms with Crippen LogP contribution in [0.4, 0.5) is 9.59 Å². The number of hydrogen-bond donors (Lipinski definition) is 3. The van der Waals surface area contributed by atoms with Crippen LogP contribution in [0.3, 0.4) is 0 Å². The molecule has 2 aliphatic heterocycles. The fourth-order valence-corrected chi connectivity index (χ4v) is 2.59. The second-order valence-corrected chi connectivity index (χ2v) is 6.19. The Bertz CT molecular complexity index is 805. The van der Waals surface area contributed by atoms with Gasteiger partial charge in [0, 0.05) is 7.11 Å². The van der Waals surface area contributed by atoms with Crippen molar-refractivity contribution in [3.05, 3.63) is 24.2 Å². The van der Waals surface area contributed by atoms with E-state index in [-0.39, 0.29) is 19.6 Å². The van der Waals surface area contributed by atoms with Crippen molar-refractivity contribution in [1.29, 1.82) is 0 Å². The molecule has 0 aromatic carbocycles. The Morgan fingerprint density at radius 3 is 2.79 bits per heavy atom. The van der Waals surface area contributed by atoms with Crippen LogP contribution in [0.2, 0.25) is 0 Å². The average Bonchev–Trinajstić information content (AvgIpc) is 3.32. The van der Waals surface area contributed by atoms with Crippen molar-refractivity contribution in [2.45, 2.75) is 18.7 Å². The quantitative estimate of drug-likeness (QED) is 0.323. The highest BCUT2D eigenvalue weighted by molar-refractivity contribution is 5.99. The van der Waals surface area contributed by atoms with E-state index in [1.54, 1.807) is 12.1 Å². The Kier molecular flexibility index (Phi) is 5.31. The number of carbonyl (C=O) groups is 4. The zero-order chi connectivity index (χ0) is 20.3. The Morgan fingerprint density at radius 1 is 1.43 bits per heavy atom. The molecule has 3 rings (SSSR count). The number of hydrazone groups is 1. The maximum Gasteiger partial charge on any atom is 0.348 e. The first-order chi connectivity index (χ1) is 13.4. The number of nitrogens with one attached hydrogen (secondary N) is 3. The molecule has 0 bridgehead atoms. The van der Waals surface area contributed by atoms with Crippen LogP contribution in [0.5, 0.6) is 0 Å². The standard InChI is InChI=1S/C16H20N6O6/c1-10(12(23)20-16(27-2)9-17-13(16)24)19-14(25)21-5-6-22(15(21)26)18-8-11-4-3-7-28-11/h3-4,7-8,10H,5-6,9H2,1-2H3,(H,17,24)(H,19,25)(H,20,23)/t10?,16-/m0/s1. The van der Waals surface area contributed by atoms with Gasteiger partial charge in [-0.25, -0.2) is 19.5 Å². The van der Waals surface area contributed by atoms with Crippen LogP contribution in [0, 0.1) is 0 Å². The van der Waals surface area contributed by atoms with E-state index in [9.17, 15) is 19.2 Å². The third-order valence-corrected chi connectivity index (χ3v) is 4.37. The largest absolute Gasteiger partial charge is 0.463 e. The molecule has 2 saturated heterocycles. The fourth-order valence-electron chi connectivity index (χ4n) is 2.59. The normalized spacial score (nSPS) is 22.8. The number of methoxy groups -OCH3 is 1. The van der Waals surface area contributed by atoms with Crippen molar-refractivity contribution in [1.82, 2.24) is 25.9 Å². The summed E-state index contributed by atoms with van der Waals surface area (Å²) < 4.78 is 10.1. The molecule has 150 valence electrons. The van der Waals surface area contributed by atoms with Gasteiger partial charge < -0.3 is 25.1 Å². The number of imide groups is 1. The van der Waals surface area contributed by atoms with Crippen molar-refractivity contribution in [3.63, 3.8) is 0 Å². The van der Waals surface area contributed by atoms with Crippen LogP contribution < -0.4 is 16.0 Å². The maximum atomic E-state index is 12.3. The zero-order valence-corrected chi connectivity index (χ0v) is 15.3. The van der Waals surface area contributed by atoms with Crippen LogP contribution in [0.15, 0.2) is 27.9 Å². The zero-order valence-electron chi connectivity index (χ0n) is 15.3. The molecule has 1 aromatic heterocycles. The lowest BCUT2D eigenvalue weighted by atomic mass is 10.1. The minimum absolute atomic E-state index is 0.110. The number of carbonyl (C=O) groups excluding carboxylic acids is 4. The van der Waals surface area contributed by atoms with E-state index in [0.29, 0.717) is 5.76 Å². The van der Waals surface area contributed by atoms with E-state index >= 15 is 0 Å². The number of urea groups is 2. The first-order valence-electron chi connectivity index (χ1n) is 8.49. The molecule has 6 amide bonds. The van der Waals surface area contributed by atoms with Crippen molar-refractivity contribution in [3.8, 4) is 0 Å². The Hall–Kier alpha value is -3.41. The number of β-lactam (4-membered cyclic amide) rings is 1.